The van der Waals surface area contributed by atoms with E-state index in [1.807, 2.05) is 6.07 Å². The molecular weight excluding hydrogens is 268 g/mol. The maximum Gasteiger partial charge on any atom is 0.352 e. The van der Waals surface area contributed by atoms with Crippen LogP contribution in [0.15, 0.2) is 35.1 Å². The van der Waals surface area contributed by atoms with Gasteiger partial charge in [0.25, 0.3) is 5.56 Å². The number of nitrogens with zero attached hydrogens (tertiary/aromatic N) is 2. The van der Waals surface area contributed by atoms with Crippen molar-refractivity contribution >= 4 is 16.7 Å². The van der Waals surface area contributed by atoms with E-state index in [2.05, 4.69) is 4.90 Å². The van der Waals surface area contributed by atoms with Crippen molar-refractivity contribution in [3.63, 3.8) is 0 Å². The van der Waals surface area contributed by atoms with Gasteiger partial charge in [0.2, 0.25) is 0 Å². The molecule has 5 heteroatoms. The highest BCUT2D eigenvalue weighted by atomic mass is 16.4. The molecule has 1 aliphatic heterocycles. The Hall–Kier alpha value is -2.14. The summed E-state index contributed by atoms with van der Waals surface area (Å²) in [5.74, 6) is -1.06. The molecule has 0 spiro atoms. The molecule has 0 unspecified atom stereocenters. The highest BCUT2D eigenvalue weighted by Gasteiger charge is 2.16. The molecular formula is C16H18N2O3. The molecule has 0 atom stereocenters. The molecule has 1 saturated heterocycles. The second-order valence-electron chi connectivity index (χ2n) is 5.43. The molecule has 1 aromatic heterocycles. The van der Waals surface area contributed by atoms with Crippen molar-refractivity contribution in [3.05, 3.63) is 46.4 Å². The van der Waals surface area contributed by atoms with Crippen molar-refractivity contribution in [2.75, 3.05) is 19.6 Å². The molecule has 2 aromatic rings. The van der Waals surface area contributed by atoms with Crippen molar-refractivity contribution in [2.24, 2.45) is 0 Å². The lowest BCUT2D eigenvalue weighted by molar-refractivity contribution is 0.0683. The van der Waals surface area contributed by atoms with Gasteiger partial charge in [0.15, 0.2) is 0 Å². The lowest BCUT2D eigenvalue weighted by Crippen LogP contribution is -2.32. The van der Waals surface area contributed by atoms with Gasteiger partial charge in [-0.1, -0.05) is 18.2 Å². The van der Waals surface area contributed by atoms with Gasteiger partial charge >= 0.3 is 5.97 Å². The quantitative estimate of drug-likeness (QED) is 0.931. The number of aromatic carboxylic acids is 1. The number of rotatable bonds is 4. The van der Waals surface area contributed by atoms with Crippen LogP contribution in [0.5, 0.6) is 0 Å². The van der Waals surface area contributed by atoms with Crippen LogP contribution in [0.25, 0.3) is 10.8 Å². The third-order valence-corrected chi connectivity index (χ3v) is 4.08. The van der Waals surface area contributed by atoms with Gasteiger partial charge in [-0.2, -0.15) is 0 Å². The Labute approximate surface area is 122 Å². The first kappa shape index (κ1) is 13.8. The predicted octanol–water partition coefficient (Wildman–Crippen LogP) is 1.80. The molecule has 3 rings (SSSR count). The molecule has 1 aromatic carbocycles. The summed E-state index contributed by atoms with van der Waals surface area (Å²) in [6.07, 6.45) is 2.36. The first-order valence-electron chi connectivity index (χ1n) is 7.25. The first-order valence-corrected chi connectivity index (χ1v) is 7.25. The molecule has 0 radical (unpaired) electrons. The fourth-order valence-electron chi connectivity index (χ4n) is 2.94. The zero-order valence-electron chi connectivity index (χ0n) is 11.8. The monoisotopic (exact) mass is 286 g/mol. The van der Waals surface area contributed by atoms with Crippen LogP contribution in [0, 0.1) is 0 Å². The van der Waals surface area contributed by atoms with E-state index in [0.29, 0.717) is 17.3 Å². The number of fused-ring (bicyclic) bond motifs is 1. The second-order valence-corrected chi connectivity index (χ2v) is 5.43. The third-order valence-electron chi connectivity index (χ3n) is 4.08. The molecule has 1 fully saturated rings. The normalized spacial score (nSPS) is 15.6. The SMILES string of the molecule is O=C(O)c1cc2ccccc2c(=O)n1CCN1CCCC1. The summed E-state index contributed by atoms with van der Waals surface area (Å²) in [5, 5.41) is 10.6. The lowest BCUT2D eigenvalue weighted by atomic mass is 10.1. The maximum absolute atomic E-state index is 12.5. The molecule has 0 amide bonds. The number of hydrogen-bond acceptors (Lipinski definition) is 3. The van der Waals surface area contributed by atoms with E-state index in [0.717, 1.165) is 19.6 Å². The van der Waals surface area contributed by atoms with E-state index < -0.39 is 5.97 Å². The van der Waals surface area contributed by atoms with Gasteiger partial charge in [-0.15, -0.1) is 0 Å². The molecule has 110 valence electrons. The van der Waals surface area contributed by atoms with Crippen LogP contribution in [0.3, 0.4) is 0 Å². The summed E-state index contributed by atoms with van der Waals surface area (Å²) in [4.78, 5) is 26.3. The lowest BCUT2D eigenvalue weighted by Gasteiger charge is -2.17. The van der Waals surface area contributed by atoms with E-state index in [9.17, 15) is 14.7 Å². The summed E-state index contributed by atoms with van der Waals surface area (Å²) in [6, 6.07) is 8.71. The largest absolute Gasteiger partial charge is 0.477 e. The van der Waals surface area contributed by atoms with Crippen LogP contribution < -0.4 is 5.56 Å². The Bertz CT molecular complexity index is 730. The van der Waals surface area contributed by atoms with Gasteiger partial charge in [0.05, 0.1) is 0 Å². The Morgan fingerprint density at radius 3 is 2.57 bits per heavy atom. The van der Waals surface area contributed by atoms with Crippen molar-refractivity contribution in [1.82, 2.24) is 9.47 Å². The predicted molar refractivity (Wildman–Crippen MR) is 80.8 cm³/mol. The standard InChI is InChI=1S/C16H18N2O3/c19-15-13-6-2-1-5-12(13)11-14(16(20)21)18(15)10-9-17-7-3-4-8-17/h1-2,5-6,11H,3-4,7-10H2,(H,20,21). The van der Waals surface area contributed by atoms with Gasteiger partial charge < -0.3 is 14.6 Å². The van der Waals surface area contributed by atoms with Gasteiger partial charge in [0.1, 0.15) is 5.69 Å². The molecule has 0 aliphatic carbocycles. The van der Waals surface area contributed by atoms with Crippen LogP contribution in [0.1, 0.15) is 23.3 Å². The minimum absolute atomic E-state index is 0.0675. The average molecular weight is 286 g/mol. The van der Waals surface area contributed by atoms with E-state index in [-0.39, 0.29) is 11.3 Å². The number of likely N-dealkylation sites (tertiary alicyclic amines) is 1. The summed E-state index contributed by atoms with van der Waals surface area (Å²) in [7, 11) is 0. The average Bonchev–Trinajstić information content (AvgIpc) is 2.99. The van der Waals surface area contributed by atoms with Crippen molar-refractivity contribution in [2.45, 2.75) is 19.4 Å². The van der Waals surface area contributed by atoms with E-state index in [4.69, 9.17) is 0 Å². The smallest absolute Gasteiger partial charge is 0.352 e. The number of carboxylic acids is 1. The van der Waals surface area contributed by atoms with E-state index in [1.54, 1.807) is 24.3 Å². The van der Waals surface area contributed by atoms with Gasteiger partial charge in [-0.3, -0.25) is 4.79 Å². The highest BCUT2D eigenvalue weighted by molar-refractivity contribution is 5.92. The van der Waals surface area contributed by atoms with Crippen LogP contribution in [0.4, 0.5) is 0 Å². The fourth-order valence-corrected chi connectivity index (χ4v) is 2.94. The zero-order valence-corrected chi connectivity index (χ0v) is 11.8. The number of carboxylic acid groups (broad SMARTS) is 1. The Morgan fingerprint density at radius 2 is 1.86 bits per heavy atom. The van der Waals surface area contributed by atoms with Crippen LogP contribution in [-0.2, 0) is 6.54 Å². The Balaban J connectivity index is 2.01. The molecule has 1 N–H and O–H groups in total. The van der Waals surface area contributed by atoms with E-state index >= 15 is 0 Å². The van der Waals surface area contributed by atoms with Gasteiger partial charge in [0, 0.05) is 18.5 Å². The van der Waals surface area contributed by atoms with E-state index in [1.165, 1.54) is 17.4 Å². The summed E-state index contributed by atoms with van der Waals surface area (Å²) in [5.41, 5.74) is -0.150. The number of aromatic nitrogens is 1. The second kappa shape index (κ2) is 5.69. The topological polar surface area (TPSA) is 62.5 Å². The van der Waals surface area contributed by atoms with Crippen LogP contribution in [0.2, 0.25) is 0 Å². The molecule has 0 bridgehead atoms. The molecule has 21 heavy (non-hydrogen) atoms. The van der Waals surface area contributed by atoms with Crippen molar-refractivity contribution in [3.8, 4) is 0 Å². The highest BCUT2D eigenvalue weighted by Crippen LogP contribution is 2.13. The third kappa shape index (κ3) is 2.69. The van der Waals surface area contributed by atoms with Crippen molar-refractivity contribution in [1.29, 1.82) is 0 Å². The number of hydrogen-bond donors (Lipinski definition) is 1. The Kier molecular flexibility index (Phi) is 3.75. The Morgan fingerprint density at radius 1 is 1.14 bits per heavy atom. The molecule has 0 saturated carbocycles. The summed E-state index contributed by atoms with van der Waals surface area (Å²) in [6.45, 7) is 3.21. The summed E-state index contributed by atoms with van der Waals surface area (Å²) >= 11 is 0. The minimum atomic E-state index is -1.06. The summed E-state index contributed by atoms with van der Waals surface area (Å²) < 4.78 is 1.39. The molecule has 2 heterocycles. The van der Waals surface area contributed by atoms with Crippen LogP contribution >= 0.6 is 0 Å². The maximum atomic E-state index is 12.5. The molecule has 1 aliphatic rings. The zero-order chi connectivity index (χ0) is 14.8. The minimum Gasteiger partial charge on any atom is -0.477 e. The number of carbonyl (C=O) groups is 1. The fraction of sp³-hybridized carbons (Fsp3) is 0.375. The molecule has 5 nitrogen and oxygen atoms in total. The first-order chi connectivity index (χ1) is 10.2. The van der Waals surface area contributed by atoms with Crippen LogP contribution in [-0.4, -0.2) is 40.2 Å². The van der Waals surface area contributed by atoms with Gasteiger partial charge in [-0.05, 0) is 43.5 Å². The number of benzene rings is 1. The number of pyridine rings is 1. The van der Waals surface area contributed by atoms with Crippen molar-refractivity contribution < 1.29 is 9.90 Å². The van der Waals surface area contributed by atoms with Gasteiger partial charge in [-0.25, -0.2) is 4.79 Å².